The van der Waals surface area contributed by atoms with Crippen molar-refractivity contribution >= 4 is 30.3 Å². The second-order valence-electron chi connectivity index (χ2n) is 16.1. The number of carbonyl (C=O) groups excluding carboxylic acids is 4. The first-order valence-electron chi connectivity index (χ1n) is 19.6. The summed E-state index contributed by atoms with van der Waals surface area (Å²) in [6, 6.07) is 15.5. The SMILES string of the molecule is C[C@H](CC1=C[N+](C(N)=O)(C(=O)[C@@H](N)Cc2ccccc2)C=N1)N(C(=O)OC(C)(C)C)[C@@H](CC1CCCCC1)[C@@H](O)C[C@@H](Cc1ccccc1)C(=O)NCCN. The molecule has 55 heavy (non-hydrogen) atoms. The van der Waals surface area contributed by atoms with Crippen LogP contribution in [-0.4, -0.2) is 87.7 Å². The molecule has 13 heteroatoms. The van der Waals surface area contributed by atoms with Crippen LogP contribution in [-0.2, 0) is 27.2 Å². The molecule has 300 valence electrons. The van der Waals surface area contributed by atoms with Gasteiger partial charge in [-0.1, -0.05) is 92.8 Å². The van der Waals surface area contributed by atoms with Crippen molar-refractivity contribution in [2.75, 3.05) is 13.1 Å². The fourth-order valence-corrected chi connectivity index (χ4v) is 7.70. The third kappa shape index (κ3) is 12.3. The number of aliphatic hydroxyl groups is 1. The molecular formula is C42H62N7O6+. The molecule has 2 aromatic rings. The Bertz CT molecular complexity index is 1640. The average Bonchev–Trinajstić information content (AvgIpc) is 3.58. The van der Waals surface area contributed by atoms with Gasteiger partial charge in [0.2, 0.25) is 12.2 Å². The Morgan fingerprint density at radius 3 is 2.13 bits per heavy atom. The molecule has 1 saturated carbocycles. The number of benzene rings is 2. The number of imide groups is 1. The Balaban J connectivity index is 1.67. The van der Waals surface area contributed by atoms with Gasteiger partial charge in [-0.15, -0.1) is 4.48 Å². The van der Waals surface area contributed by atoms with E-state index in [9.17, 15) is 24.3 Å². The van der Waals surface area contributed by atoms with E-state index in [1.54, 1.807) is 25.7 Å². The lowest BCUT2D eigenvalue weighted by atomic mass is 9.81. The van der Waals surface area contributed by atoms with E-state index in [4.69, 9.17) is 21.9 Å². The van der Waals surface area contributed by atoms with Gasteiger partial charge in [0.15, 0.2) is 0 Å². The molecular weight excluding hydrogens is 699 g/mol. The summed E-state index contributed by atoms with van der Waals surface area (Å²) in [4.78, 5) is 60.6. The number of urea groups is 1. The molecule has 8 N–H and O–H groups in total. The van der Waals surface area contributed by atoms with E-state index in [1.165, 1.54) is 12.5 Å². The number of hydrogen-bond acceptors (Lipinski definition) is 9. The molecule has 5 amide bonds. The normalized spacial score (nSPS) is 20.1. The Morgan fingerprint density at radius 1 is 0.964 bits per heavy atom. The van der Waals surface area contributed by atoms with Crippen molar-refractivity contribution in [3.05, 3.63) is 83.7 Å². The van der Waals surface area contributed by atoms with E-state index in [2.05, 4.69) is 10.3 Å². The molecule has 0 aromatic heterocycles. The number of ether oxygens (including phenoxy) is 1. The summed E-state index contributed by atoms with van der Waals surface area (Å²) in [5.41, 5.74) is 19.2. The number of amides is 5. The fourth-order valence-electron chi connectivity index (χ4n) is 7.70. The Kier molecular flexibility index (Phi) is 15.7. The molecule has 1 aliphatic carbocycles. The molecule has 6 atom stereocenters. The molecule has 1 heterocycles. The van der Waals surface area contributed by atoms with Crippen LogP contribution < -0.4 is 22.5 Å². The number of nitrogens with two attached hydrogens (primary N) is 3. The van der Waals surface area contributed by atoms with Gasteiger partial charge in [0.1, 0.15) is 23.5 Å². The summed E-state index contributed by atoms with van der Waals surface area (Å²) >= 11 is 0. The molecule has 4 rings (SSSR count). The van der Waals surface area contributed by atoms with Gasteiger partial charge in [0, 0.05) is 37.9 Å². The maximum Gasteiger partial charge on any atom is 0.432 e. The quantitative estimate of drug-likeness (QED) is 0.140. The molecule has 1 fully saturated rings. The van der Waals surface area contributed by atoms with E-state index >= 15 is 0 Å². The van der Waals surface area contributed by atoms with Crippen molar-refractivity contribution in [2.45, 2.75) is 122 Å². The van der Waals surface area contributed by atoms with Crippen molar-refractivity contribution in [2.24, 2.45) is 34.0 Å². The molecule has 2 aliphatic rings. The lowest BCUT2D eigenvalue weighted by Gasteiger charge is -2.42. The monoisotopic (exact) mass is 760 g/mol. The van der Waals surface area contributed by atoms with Crippen LogP contribution in [0.4, 0.5) is 9.59 Å². The lowest BCUT2D eigenvalue weighted by Crippen LogP contribution is -2.59. The Hall–Kier alpha value is -4.43. The highest BCUT2D eigenvalue weighted by Crippen LogP contribution is 2.34. The maximum atomic E-state index is 14.3. The van der Waals surface area contributed by atoms with Gasteiger partial charge in [0.05, 0.1) is 12.1 Å². The van der Waals surface area contributed by atoms with Crippen LogP contribution in [0.1, 0.15) is 90.2 Å². The zero-order chi connectivity index (χ0) is 40.2. The number of rotatable bonds is 17. The predicted molar refractivity (Wildman–Crippen MR) is 213 cm³/mol. The maximum absolute atomic E-state index is 14.3. The van der Waals surface area contributed by atoms with Gasteiger partial charge in [-0.25, -0.2) is 19.4 Å². The minimum Gasteiger partial charge on any atom is -0.444 e. The number of nitrogens with zero attached hydrogens (tertiary/aromatic N) is 3. The second kappa shape index (κ2) is 19.9. The predicted octanol–water partition coefficient (Wildman–Crippen LogP) is 4.90. The number of quaternary nitrogens is 1. The number of hydrogen-bond donors (Lipinski definition) is 5. The highest BCUT2D eigenvalue weighted by Gasteiger charge is 2.48. The van der Waals surface area contributed by atoms with Crippen molar-refractivity contribution in [1.29, 1.82) is 0 Å². The summed E-state index contributed by atoms with van der Waals surface area (Å²) in [5.74, 6) is -1.20. The van der Waals surface area contributed by atoms with Gasteiger partial charge in [-0.3, -0.25) is 9.69 Å². The summed E-state index contributed by atoms with van der Waals surface area (Å²) in [6.45, 7) is 7.75. The lowest BCUT2D eigenvalue weighted by molar-refractivity contribution is -0.606. The number of aliphatic hydroxyl groups excluding tert-OH is 1. The summed E-state index contributed by atoms with van der Waals surface area (Å²) in [7, 11) is 0. The summed E-state index contributed by atoms with van der Waals surface area (Å²) in [6.07, 6.45) is 7.33. The minimum absolute atomic E-state index is 0.0883. The van der Waals surface area contributed by atoms with Crippen molar-refractivity contribution in [1.82, 2.24) is 10.2 Å². The minimum atomic E-state index is -1.10. The van der Waals surface area contributed by atoms with E-state index in [-0.39, 0.29) is 37.6 Å². The highest BCUT2D eigenvalue weighted by molar-refractivity contribution is 5.95. The number of primary amides is 1. The standard InChI is InChI=1S/C42H61N7O6/c1-29(22-34-27-49(28-47-34,40(45)53)39(52)35(44)24-31-16-10-6-11-17-31)48(41(54)55-42(2,3)4)36(25-32-18-12-7-13-19-32)37(50)26-33(38(51)46-21-20-43)23-30-14-8-5-9-15-30/h5-6,8-11,14-17,27-29,32-33,35-37,50H,7,12-13,18-26,43-44H2,1-4H3,(H2-,45,46,51,53)/p+1/t29-,33-,35+,36+,37+,49?/m1/s1. The first kappa shape index (κ1) is 43.3. The van der Waals surface area contributed by atoms with E-state index in [1.807, 2.05) is 67.6 Å². The van der Waals surface area contributed by atoms with Crippen LogP contribution in [0.2, 0.25) is 0 Å². The number of carbonyl (C=O) groups is 4. The Labute approximate surface area is 325 Å². The van der Waals surface area contributed by atoms with E-state index in [0.29, 0.717) is 25.1 Å². The van der Waals surface area contributed by atoms with Crippen LogP contribution in [0.3, 0.4) is 0 Å². The molecule has 2 aromatic carbocycles. The van der Waals surface area contributed by atoms with Crippen molar-refractivity contribution in [3.8, 4) is 0 Å². The molecule has 1 aliphatic heterocycles. The van der Waals surface area contributed by atoms with Gasteiger partial charge in [-0.2, -0.15) is 0 Å². The molecule has 0 bridgehead atoms. The van der Waals surface area contributed by atoms with Crippen LogP contribution in [0.25, 0.3) is 0 Å². The Morgan fingerprint density at radius 2 is 1.56 bits per heavy atom. The van der Waals surface area contributed by atoms with Crippen LogP contribution in [0, 0.1) is 11.8 Å². The molecule has 0 radical (unpaired) electrons. The number of nitrogens with one attached hydrogen (secondary N) is 1. The van der Waals surface area contributed by atoms with Gasteiger partial charge in [-0.05, 0) is 64.0 Å². The zero-order valence-electron chi connectivity index (χ0n) is 32.9. The van der Waals surface area contributed by atoms with E-state index < -0.39 is 58.3 Å². The second-order valence-corrected chi connectivity index (χ2v) is 16.1. The third-order valence-corrected chi connectivity index (χ3v) is 10.5. The van der Waals surface area contributed by atoms with E-state index in [0.717, 1.165) is 43.2 Å². The molecule has 0 saturated heterocycles. The van der Waals surface area contributed by atoms with Crippen molar-refractivity contribution in [3.63, 3.8) is 0 Å². The highest BCUT2D eigenvalue weighted by atomic mass is 16.6. The molecule has 0 spiro atoms. The molecule has 13 nitrogen and oxygen atoms in total. The fraction of sp³-hybridized carbons (Fsp3) is 0.548. The summed E-state index contributed by atoms with van der Waals surface area (Å²) in [5, 5.41) is 15.2. The first-order chi connectivity index (χ1) is 26.1. The molecule has 1 unspecified atom stereocenters. The third-order valence-electron chi connectivity index (χ3n) is 10.5. The van der Waals surface area contributed by atoms with Crippen LogP contribution in [0.5, 0.6) is 0 Å². The first-order valence-corrected chi connectivity index (χ1v) is 19.6. The largest absolute Gasteiger partial charge is 0.444 e. The van der Waals surface area contributed by atoms with Crippen LogP contribution >= 0.6 is 0 Å². The van der Waals surface area contributed by atoms with Gasteiger partial charge < -0.3 is 32.4 Å². The van der Waals surface area contributed by atoms with Gasteiger partial charge in [0.25, 0.3) is 0 Å². The van der Waals surface area contributed by atoms with Gasteiger partial charge >= 0.3 is 18.0 Å². The topological polar surface area (TPSA) is 203 Å². The van der Waals surface area contributed by atoms with Crippen LogP contribution in [0.15, 0.2) is 77.6 Å². The van der Waals surface area contributed by atoms with Crippen molar-refractivity contribution < 1.29 is 33.5 Å². The smallest absolute Gasteiger partial charge is 0.432 e. The summed E-state index contributed by atoms with van der Waals surface area (Å²) < 4.78 is 5.00. The average molecular weight is 761 g/mol. The zero-order valence-corrected chi connectivity index (χ0v) is 32.9. The number of aliphatic imine (C=N–C) groups is 1.